The van der Waals surface area contributed by atoms with Crippen LogP contribution in [0.2, 0.25) is 0 Å². The van der Waals surface area contributed by atoms with E-state index >= 15 is 0 Å². The molecule has 1 N–H and O–H groups in total. The van der Waals surface area contributed by atoms with E-state index in [0.29, 0.717) is 5.41 Å². The van der Waals surface area contributed by atoms with Gasteiger partial charge in [-0.1, -0.05) is 25.1 Å². The van der Waals surface area contributed by atoms with E-state index in [1.165, 1.54) is 15.6 Å². The van der Waals surface area contributed by atoms with Crippen molar-refractivity contribution in [2.45, 2.75) is 18.8 Å². The summed E-state index contributed by atoms with van der Waals surface area (Å²) in [6.45, 7) is 4.62. The highest BCUT2D eigenvalue weighted by atomic mass is 127. The lowest BCUT2D eigenvalue weighted by atomic mass is 9.82. The normalized spacial score (nSPS) is 27.8. The Kier molecular flexibility index (Phi) is 2.60. The van der Waals surface area contributed by atoms with E-state index in [2.05, 4.69) is 59.1 Å². The van der Waals surface area contributed by atoms with E-state index in [-0.39, 0.29) is 0 Å². The van der Waals surface area contributed by atoms with Gasteiger partial charge in [-0.2, -0.15) is 0 Å². The Hall–Kier alpha value is -0.0900. The number of rotatable bonds is 1. The molecule has 0 radical (unpaired) electrons. The Balaban J connectivity index is 2.39. The zero-order chi connectivity index (χ0) is 9.31. The fourth-order valence-corrected chi connectivity index (χ4v) is 3.04. The third-order valence-corrected chi connectivity index (χ3v) is 3.83. The van der Waals surface area contributed by atoms with Crippen LogP contribution in [0, 0.1) is 3.57 Å². The third kappa shape index (κ3) is 1.74. The van der Waals surface area contributed by atoms with Gasteiger partial charge in [0.25, 0.3) is 0 Å². The molecular weight excluding hydrogens is 273 g/mol. The second kappa shape index (κ2) is 3.58. The van der Waals surface area contributed by atoms with E-state index in [9.17, 15) is 0 Å². The molecule has 1 aromatic rings. The molecule has 1 fully saturated rings. The highest BCUT2D eigenvalue weighted by Gasteiger charge is 2.31. The molecule has 0 bridgehead atoms. The molecule has 13 heavy (non-hydrogen) atoms. The predicted octanol–water partition coefficient (Wildman–Crippen LogP) is 2.54. The van der Waals surface area contributed by atoms with Crippen LogP contribution in [0.4, 0.5) is 0 Å². The molecule has 0 aliphatic carbocycles. The van der Waals surface area contributed by atoms with Crippen LogP contribution in [0.5, 0.6) is 0 Å². The standard InChI is InChI=1S/C11H14IN/c1-11(6-7-13-8-11)9-4-2-3-5-10(9)12/h2-5,13H,6-8H2,1H3. The van der Waals surface area contributed by atoms with E-state index in [1.54, 1.807) is 0 Å². The Morgan fingerprint density at radius 3 is 2.77 bits per heavy atom. The van der Waals surface area contributed by atoms with Crippen LogP contribution in [-0.4, -0.2) is 13.1 Å². The van der Waals surface area contributed by atoms with Crippen LogP contribution in [0.3, 0.4) is 0 Å². The molecule has 1 aromatic carbocycles. The molecule has 0 spiro atoms. The van der Waals surface area contributed by atoms with E-state index in [0.717, 1.165) is 13.1 Å². The SMILES string of the molecule is CC1(c2ccccc2I)CCNC1. The molecule has 0 aromatic heterocycles. The third-order valence-electron chi connectivity index (χ3n) is 2.89. The smallest absolute Gasteiger partial charge is 0.0168 e. The molecule has 1 nitrogen and oxygen atoms in total. The van der Waals surface area contributed by atoms with Crippen molar-refractivity contribution in [3.63, 3.8) is 0 Å². The summed E-state index contributed by atoms with van der Waals surface area (Å²) in [5, 5.41) is 3.44. The Labute approximate surface area is 93.1 Å². The lowest BCUT2D eigenvalue weighted by Crippen LogP contribution is -2.25. The largest absolute Gasteiger partial charge is 0.316 e. The molecule has 70 valence electrons. The van der Waals surface area contributed by atoms with Gasteiger partial charge in [0.2, 0.25) is 0 Å². The summed E-state index contributed by atoms with van der Waals surface area (Å²) in [7, 11) is 0. The van der Waals surface area contributed by atoms with Crippen molar-refractivity contribution in [2.24, 2.45) is 0 Å². The van der Waals surface area contributed by atoms with E-state index in [1.807, 2.05) is 0 Å². The van der Waals surface area contributed by atoms with Gasteiger partial charge in [-0.25, -0.2) is 0 Å². The maximum Gasteiger partial charge on any atom is 0.0168 e. The molecule has 0 saturated carbocycles. The monoisotopic (exact) mass is 287 g/mol. The summed E-state index contributed by atoms with van der Waals surface area (Å²) in [5.74, 6) is 0. The second-order valence-electron chi connectivity index (χ2n) is 3.97. The quantitative estimate of drug-likeness (QED) is 0.783. The van der Waals surface area contributed by atoms with Crippen LogP contribution in [0.1, 0.15) is 18.9 Å². The van der Waals surface area contributed by atoms with Crippen molar-refractivity contribution < 1.29 is 0 Å². The van der Waals surface area contributed by atoms with Crippen molar-refractivity contribution in [1.82, 2.24) is 5.32 Å². The molecule has 2 heteroatoms. The van der Waals surface area contributed by atoms with E-state index in [4.69, 9.17) is 0 Å². The summed E-state index contributed by atoms with van der Waals surface area (Å²) < 4.78 is 1.39. The van der Waals surface area contributed by atoms with Gasteiger partial charge in [-0.3, -0.25) is 0 Å². The number of hydrogen-bond donors (Lipinski definition) is 1. The first-order chi connectivity index (χ1) is 6.22. The molecule has 1 aliphatic rings. The van der Waals surface area contributed by atoms with Gasteiger partial charge < -0.3 is 5.32 Å². The summed E-state index contributed by atoms with van der Waals surface area (Å²) >= 11 is 2.43. The Morgan fingerprint density at radius 1 is 1.38 bits per heavy atom. The van der Waals surface area contributed by atoms with Gasteiger partial charge >= 0.3 is 0 Å². The summed E-state index contributed by atoms with van der Waals surface area (Å²) in [6, 6.07) is 8.70. The minimum atomic E-state index is 0.359. The lowest BCUT2D eigenvalue weighted by Gasteiger charge is -2.24. The predicted molar refractivity (Wildman–Crippen MR) is 64.0 cm³/mol. The van der Waals surface area contributed by atoms with Crippen LogP contribution in [0.25, 0.3) is 0 Å². The molecule has 1 heterocycles. The van der Waals surface area contributed by atoms with Gasteiger partial charge in [-0.15, -0.1) is 0 Å². The molecule has 1 saturated heterocycles. The fourth-order valence-electron chi connectivity index (χ4n) is 2.00. The van der Waals surface area contributed by atoms with Crippen LogP contribution in [0.15, 0.2) is 24.3 Å². The van der Waals surface area contributed by atoms with Crippen LogP contribution in [-0.2, 0) is 5.41 Å². The summed E-state index contributed by atoms with van der Waals surface area (Å²) in [4.78, 5) is 0. The number of halogens is 1. The topological polar surface area (TPSA) is 12.0 Å². The summed E-state index contributed by atoms with van der Waals surface area (Å²) in [6.07, 6.45) is 1.26. The molecule has 1 aliphatic heterocycles. The molecule has 2 rings (SSSR count). The van der Waals surface area contributed by atoms with Gasteiger partial charge in [-0.05, 0) is 47.2 Å². The number of nitrogens with one attached hydrogen (secondary N) is 1. The van der Waals surface area contributed by atoms with Crippen LogP contribution >= 0.6 is 22.6 Å². The van der Waals surface area contributed by atoms with Crippen molar-refractivity contribution >= 4 is 22.6 Å². The lowest BCUT2D eigenvalue weighted by molar-refractivity contribution is 0.522. The molecule has 1 unspecified atom stereocenters. The van der Waals surface area contributed by atoms with Crippen molar-refractivity contribution in [1.29, 1.82) is 0 Å². The highest BCUT2D eigenvalue weighted by Crippen LogP contribution is 2.32. The van der Waals surface area contributed by atoms with Crippen molar-refractivity contribution in [3.05, 3.63) is 33.4 Å². The molecule has 1 atom stereocenters. The average molecular weight is 287 g/mol. The highest BCUT2D eigenvalue weighted by molar-refractivity contribution is 14.1. The maximum atomic E-state index is 3.44. The first-order valence-electron chi connectivity index (χ1n) is 4.68. The van der Waals surface area contributed by atoms with Crippen molar-refractivity contribution in [3.8, 4) is 0 Å². The number of benzene rings is 1. The first-order valence-corrected chi connectivity index (χ1v) is 5.76. The van der Waals surface area contributed by atoms with Gasteiger partial charge in [0.1, 0.15) is 0 Å². The molecule has 0 amide bonds. The minimum absolute atomic E-state index is 0.359. The minimum Gasteiger partial charge on any atom is -0.316 e. The second-order valence-corrected chi connectivity index (χ2v) is 5.13. The van der Waals surface area contributed by atoms with Gasteiger partial charge in [0.05, 0.1) is 0 Å². The zero-order valence-electron chi connectivity index (χ0n) is 7.81. The number of hydrogen-bond acceptors (Lipinski definition) is 1. The van der Waals surface area contributed by atoms with Crippen molar-refractivity contribution in [2.75, 3.05) is 13.1 Å². The Morgan fingerprint density at radius 2 is 2.15 bits per heavy atom. The average Bonchev–Trinajstić information content (AvgIpc) is 2.54. The zero-order valence-corrected chi connectivity index (χ0v) is 9.97. The molecular formula is C11H14IN. The first kappa shape index (κ1) is 9.46. The van der Waals surface area contributed by atoms with Gasteiger partial charge in [0.15, 0.2) is 0 Å². The summed E-state index contributed by atoms with van der Waals surface area (Å²) in [5.41, 5.74) is 1.86. The van der Waals surface area contributed by atoms with Crippen LogP contribution < -0.4 is 5.32 Å². The van der Waals surface area contributed by atoms with Gasteiger partial charge in [0, 0.05) is 15.5 Å². The maximum absolute atomic E-state index is 3.44. The fraction of sp³-hybridized carbons (Fsp3) is 0.455. The Bertz CT molecular complexity index is 303. The van der Waals surface area contributed by atoms with E-state index < -0.39 is 0 Å².